The second kappa shape index (κ2) is 11.0. The van der Waals surface area contributed by atoms with E-state index in [0.717, 1.165) is 16.9 Å². The highest BCUT2D eigenvalue weighted by Crippen LogP contribution is 2.32. The van der Waals surface area contributed by atoms with Gasteiger partial charge in [0, 0.05) is 0 Å². The van der Waals surface area contributed by atoms with Gasteiger partial charge in [0.25, 0.3) is 0 Å². The Morgan fingerprint density at radius 2 is 1.24 bits per heavy atom. The second-order valence-electron chi connectivity index (χ2n) is 5.05. The Morgan fingerprint density at radius 1 is 0.800 bits per heavy atom. The van der Waals surface area contributed by atoms with Gasteiger partial charge < -0.3 is 4.42 Å². The zero-order valence-corrected chi connectivity index (χ0v) is 15.8. The Hall–Kier alpha value is -2.61. The third-order valence-corrected chi connectivity index (χ3v) is 3.58. The molecule has 0 N–H and O–H groups in total. The molecular formula is C23H28O2. The smallest absolute Gasteiger partial charge is 0.163 e. The summed E-state index contributed by atoms with van der Waals surface area (Å²) in [5, 5.41) is 0. The van der Waals surface area contributed by atoms with Gasteiger partial charge in [0.2, 0.25) is 0 Å². The lowest BCUT2D eigenvalue weighted by molar-refractivity contribution is 0.101. The van der Waals surface area contributed by atoms with Crippen LogP contribution < -0.4 is 0 Å². The normalized spacial score (nSPS) is 9.52. The summed E-state index contributed by atoms with van der Waals surface area (Å²) in [6.07, 6.45) is 1.54. The molecule has 25 heavy (non-hydrogen) atoms. The Kier molecular flexibility index (Phi) is 9.02. The topological polar surface area (TPSA) is 30.2 Å². The monoisotopic (exact) mass is 336 g/mol. The van der Waals surface area contributed by atoms with Gasteiger partial charge in [0.1, 0.15) is 12.0 Å². The Labute approximate surface area is 151 Å². The van der Waals surface area contributed by atoms with E-state index in [1.54, 1.807) is 6.92 Å². The van der Waals surface area contributed by atoms with Crippen molar-refractivity contribution >= 4 is 5.78 Å². The first-order valence-corrected chi connectivity index (χ1v) is 8.95. The van der Waals surface area contributed by atoms with Crippen LogP contribution in [0.4, 0.5) is 0 Å². The average molecular weight is 336 g/mol. The minimum absolute atomic E-state index is 0.000463. The Balaban J connectivity index is 0.000000730. The summed E-state index contributed by atoms with van der Waals surface area (Å²) in [7, 11) is 0. The molecule has 0 radical (unpaired) electrons. The number of hydrogen-bond acceptors (Lipinski definition) is 2. The first-order chi connectivity index (χ1) is 12.3. The average Bonchev–Trinajstić information content (AvgIpc) is 3.17. The van der Waals surface area contributed by atoms with Crippen molar-refractivity contribution in [2.24, 2.45) is 0 Å². The van der Waals surface area contributed by atoms with Gasteiger partial charge in [-0.05, 0) is 24.1 Å². The molecule has 132 valence electrons. The van der Waals surface area contributed by atoms with Gasteiger partial charge >= 0.3 is 0 Å². The van der Waals surface area contributed by atoms with E-state index in [9.17, 15) is 4.79 Å². The molecule has 0 unspecified atom stereocenters. The molecule has 0 aliphatic heterocycles. The molecule has 2 nitrogen and oxygen atoms in total. The van der Waals surface area contributed by atoms with E-state index in [-0.39, 0.29) is 11.7 Å². The third-order valence-electron chi connectivity index (χ3n) is 3.58. The zero-order chi connectivity index (χ0) is 18.7. The van der Waals surface area contributed by atoms with Gasteiger partial charge in [-0.2, -0.15) is 0 Å². The van der Waals surface area contributed by atoms with Crippen molar-refractivity contribution in [3.05, 3.63) is 95.4 Å². The van der Waals surface area contributed by atoms with Crippen LogP contribution in [0.5, 0.6) is 0 Å². The SMILES string of the molecule is CC.CC.CC(=O)c1coc(C(c2ccccc2)c2ccccc2)c1. The molecule has 0 bridgehead atoms. The van der Waals surface area contributed by atoms with E-state index in [1.165, 1.54) is 6.26 Å². The van der Waals surface area contributed by atoms with E-state index in [0.29, 0.717) is 5.56 Å². The van der Waals surface area contributed by atoms with Gasteiger partial charge in [0.15, 0.2) is 5.78 Å². The van der Waals surface area contributed by atoms with Crippen LogP contribution in [0, 0.1) is 0 Å². The highest BCUT2D eigenvalue weighted by molar-refractivity contribution is 5.93. The highest BCUT2D eigenvalue weighted by atomic mass is 16.3. The number of carbonyl (C=O) groups excluding carboxylic acids is 1. The summed E-state index contributed by atoms with van der Waals surface area (Å²) in [5.74, 6) is 0.808. The highest BCUT2D eigenvalue weighted by Gasteiger charge is 2.20. The van der Waals surface area contributed by atoms with Crippen LogP contribution in [-0.2, 0) is 0 Å². The second-order valence-corrected chi connectivity index (χ2v) is 5.05. The number of furan rings is 1. The van der Waals surface area contributed by atoms with Crippen molar-refractivity contribution in [3.63, 3.8) is 0 Å². The van der Waals surface area contributed by atoms with Crippen LogP contribution in [0.25, 0.3) is 0 Å². The van der Waals surface area contributed by atoms with Crippen molar-refractivity contribution in [2.45, 2.75) is 40.5 Å². The summed E-state index contributed by atoms with van der Waals surface area (Å²) < 4.78 is 5.68. The summed E-state index contributed by atoms with van der Waals surface area (Å²) in [6.45, 7) is 9.55. The number of rotatable bonds is 4. The predicted molar refractivity (Wildman–Crippen MR) is 105 cm³/mol. The lowest BCUT2D eigenvalue weighted by Gasteiger charge is -2.15. The molecule has 0 saturated heterocycles. The molecule has 0 spiro atoms. The maximum absolute atomic E-state index is 11.5. The van der Waals surface area contributed by atoms with E-state index in [1.807, 2.05) is 70.2 Å². The molecule has 1 aromatic heterocycles. The maximum atomic E-state index is 11.5. The molecule has 0 saturated carbocycles. The lowest BCUT2D eigenvalue weighted by atomic mass is 9.89. The first-order valence-electron chi connectivity index (χ1n) is 8.95. The Morgan fingerprint density at radius 3 is 1.60 bits per heavy atom. The molecule has 0 amide bonds. The summed E-state index contributed by atoms with van der Waals surface area (Å²) >= 11 is 0. The van der Waals surface area contributed by atoms with Crippen molar-refractivity contribution in [3.8, 4) is 0 Å². The Bertz CT molecular complexity index is 688. The fourth-order valence-corrected chi connectivity index (χ4v) is 2.50. The maximum Gasteiger partial charge on any atom is 0.163 e. The molecule has 3 rings (SSSR count). The van der Waals surface area contributed by atoms with E-state index in [4.69, 9.17) is 4.42 Å². The molecule has 0 aliphatic carbocycles. The summed E-state index contributed by atoms with van der Waals surface area (Å²) in [5.41, 5.74) is 2.91. The molecule has 2 heteroatoms. The van der Waals surface area contributed by atoms with E-state index in [2.05, 4.69) is 24.3 Å². The van der Waals surface area contributed by atoms with Gasteiger partial charge in [-0.3, -0.25) is 4.79 Å². The number of Topliss-reactive ketones (excluding diaryl/α,β-unsaturated/α-hetero) is 1. The minimum atomic E-state index is 0.000463. The van der Waals surface area contributed by atoms with Gasteiger partial charge in [-0.1, -0.05) is 88.4 Å². The number of carbonyl (C=O) groups is 1. The molecule has 1 heterocycles. The van der Waals surface area contributed by atoms with Gasteiger partial charge in [0.05, 0.1) is 11.5 Å². The molecule has 0 atom stereocenters. The quantitative estimate of drug-likeness (QED) is 0.495. The van der Waals surface area contributed by atoms with Crippen LogP contribution in [-0.4, -0.2) is 5.78 Å². The minimum Gasteiger partial charge on any atom is -0.468 e. The zero-order valence-electron chi connectivity index (χ0n) is 15.8. The van der Waals surface area contributed by atoms with Crippen molar-refractivity contribution < 1.29 is 9.21 Å². The summed E-state index contributed by atoms with van der Waals surface area (Å²) in [6, 6.07) is 22.2. The molecular weight excluding hydrogens is 308 g/mol. The van der Waals surface area contributed by atoms with Gasteiger partial charge in [-0.15, -0.1) is 0 Å². The van der Waals surface area contributed by atoms with Crippen molar-refractivity contribution in [1.29, 1.82) is 0 Å². The molecule has 0 aliphatic rings. The molecule has 2 aromatic carbocycles. The fourth-order valence-electron chi connectivity index (χ4n) is 2.50. The van der Waals surface area contributed by atoms with Crippen LogP contribution in [0.3, 0.4) is 0 Å². The molecule has 3 aromatic rings. The lowest BCUT2D eigenvalue weighted by Crippen LogP contribution is -2.02. The standard InChI is InChI=1S/C19H16O2.2C2H6/c1-14(20)17-12-18(21-13-17)19(15-8-4-2-5-9-15)16-10-6-3-7-11-16;2*1-2/h2-13,19H,1H3;2*1-2H3. The first kappa shape index (κ1) is 20.4. The number of hydrogen-bond donors (Lipinski definition) is 0. The van der Waals surface area contributed by atoms with Gasteiger partial charge in [-0.25, -0.2) is 0 Å². The van der Waals surface area contributed by atoms with E-state index < -0.39 is 0 Å². The largest absolute Gasteiger partial charge is 0.468 e. The van der Waals surface area contributed by atoms with Crippen LogP contribution in [0.15, 0.2) is 77.4 Å². The third kappa shape index (κ3) is 5.46. The van der Waals surface area contributed by atoms with Crippen LogP contribution in [0.1, 0.15) is 67.8 Å². The predicted octanol–water partition coefficient (Wildman–Crippen LogP) is 6.71. The molecule has 0 fully saturated rings. The number of ketones is 1. The van der Waals surface area contributed by atoms with Crippen molar-refractivity contribution in [1.82, 2.24) is 0 Å². The van der Waals surface area contributed by atoms with Crippen LogP contribution in [0.2, 0.25) is 0 Å². The van der Waals surface area contributed by atoms with Crippen molar-refractivity contribution in [2.75, 3.05) is 0 Å². The number of benzene rings is 2. The van der Waals surface area contributed by atoms with E-state index >= 15 is 0 Å². The summed E-state index contributed by atoms with van der Waals surface area (Å²) in [4.78, 5) is 11.5. The fraction of sp³-hybridized carbons (Fsp3) is 0.261. The van der Waals surface area contributed by atoms with Crippen LogP contribution >= 0.6 is 0 Å².